The first-order valence-corrected chi connectivity index (χ1v) is 11.5. The molecule has 0 saturated carbocycles. The molecule has 3 aromatic rings. The monoisotopic (exact) mass is 471 g/mol. The van der Waals surface area contributed by atoms with Crippen LogP contribution in [0.4, 0.5) is 5.69 Å². The van der Waals surface area contributed by atoms with Gasteiger partial charge in [0.05, 0.1) is 30.9 Å². The van der Waals surface area contributed by atoms with Gasteiger partial charge in [-0.25, -0.2) is 0 Å². The lowest BCUT2D eigenvalue weighted by Crippen LogP contribution is -2.29. The number of hydrogen-bond donors (Lipinski definition) is 1. The predicted octanol–water partition coefficient (Wildman–Crippen LogP) is 5.65. The average molecular weight is 472 g/mol. The molecule has 0 aliphatic carbocycles. The second-order valence-corrected chi connectivity index (χ2v) is 8.67. The van der Waals surface area contributed by atoms with Crippen LogP contribution in [0.2, 0.25) is 0 Å². The van der Waals surface area contributed by atoms with Gasteiger partial charge in [-0.3, -0.25) is 14.5 Å². The van der Waals surface area contributed by atoms with E-state index in [1.54, 1.807) is 30.3 Å². The zero-order chi connectivity index (χ0) is 25.3. The van der Waals surface area contributed by atoms with Crippen molar-refractivity contribution in [3.63, 3.8) is 0 Å². The van der Waals surface area contributed by atoms with Gasteiger partial charge in [-0.1, -0.05) is 35.9 Å². The molecule has 1 aliphatic heterocycles. The number of hydrogen-bond acceptors (Lipinski definition) is 5. The fourth-order valence-corrected chi connectivity index (χ4v) is 4.58. The minimum Gasteiger partial charge on any atom is -0.507 e. The number of Topliss-reactive ketones (excluding diaryl/α,β-unsaturated/α-hetero) is 1. The summed E-state index contributed by atoms with van der Waals surface area (Å²) < 4.78 is 11.1. The molecule has 0 aromatic heterocycles. The van der Waals surface area contributed by atoms with Gasteiger partial charge in [0, 0.05) is 5.69 Å². The molecule has 1 aliphatic rings. The highest BCUT2D eigenvalue weighted by Gasteiger charge is 2.47. The van der Waals surface area contributed by atoms with E-state index in [0.717, 1.165) is 16.7 Å². The number of methoxy groups -OCH3 is 1. The molecule has 4 rings (SSSR count). The second-order valence-electron chi connectivity index (χ2n) is 8.67. The number of amides is 1. The van der Waals surface area contributed by atoms with Crippen molar-refractivity contribution >= 4 is 23.1 Å². The van der Waals surface area contributed by atoms with Crippen molar-refractivity contribution in [1.29, 1.82) is 0 Å². The Hall–Kier alpha value is -4.06. The lowest BCUT2D eigenvalue weighted by molar-refractivity contribution is -0.132. The highest BCUT2D eigenvalue weighted by atomic mass is 16.5. The predicted molar refractivity (Wildman–Crippen MR) is 136 cm³/mol. The van der Waals surface area contributed by atoms with Gasteiger partial charge in [-0.15, -0.1) is 0 Å². The summed E-state index contributed by atoms with van der Waals surface area (Å²) in [7, 11) is 1.52. The average Bonchev–Trinajstić information content (AvgIpc) is 3.10. The summed E-state index contributed by atoms with van der Waals surface area (Å²) in [5.74, 6) is -0.569. The van der Waals surface area contributed by atoms with Gasteiger partial charge in [0.1, 0.15) is 17.3 Å². The fraction of sp³-hybridized carbons (Fsp3) is 0.241. The van der Waals surface area contributed by atoms with E-state index in [-0.39, 0.29) is 11.3 Å². The molecule has 3 aromatic carbocycles. The van der Waals surface area contributed by atoms with E-state index >= 15 is 0 Å². The third-order valence-electron chi connectivity index (χ3n) is 6.14. The standard InChI is InChI=1S/C29H29NO5/c1-6-35-22-13-9-20(10-14-22)25-24(26(31)23-16-18(3)15-19(4)28(23)34-5)27(32)29(33)30(25)21-11-7-17(2)8-12-21/h7-16,25,31H,6H2,1-5H3/b26-24+. The number of ether oxygens (including phenoxy) is 2. The van der Waals surface area contributed by atoms with Crippen molar-refractivity contribution in [1.82, 2.24) is 0 Å². The van der Waals surface area contributed by atoms with Crippen molar-refractivity contribution in [2.75, 3.05) is 18.6 Å². The molecule has 0 bridgehead atoms. The van der Waals surface area contributed by atoms with Crippen LogP contribution in [-0.2, 0) is 9.59 Å². The van der Waals surface area contributed by atoms with Crippen LogP contribution in [0.5, 0.6) is 11.5 Å². The maximum absolute atomic E-state index is 13.4. The van der Waals surface area contributed by atoms with E-state index in [9.17, 15) is 14.7 Å². The van der Waals surface area contributed by atoms with Gasteiger partial charge in [-0.05, 0) is 74.7 Å². The highest BCUT2D eigenvalue weighted by Crippen LogP contribution is 2.44. The molecule has 1 fully saturated rings. The van der Waals surface area contributed by atoms with Crippen LogP contribution in [0, 0.1) is 20.8 Å². The van der Waals surface area contributed by atoms with Crippen LogP contribution >= 0.6 is 0 Å². The number of ketones is 1. The maximum Gasteiger partial charge on any atom is 0.300 e. The van der Waals surface area contributed by atoms with Gasteiger partial charge in [0.25, 0.3) is 11.7 Å². The number of carbonyl (C=O) groups is 2. The fourth-order valence-electron chi connectivity index (χ4n) is 4.58. The first kappa shape index (κ1) is 24.1. The van der Waals surface area contributed by atoms with E-state index in [1.807, 2.05) is 58.0 Å². The molecule has 0 spiro atoms. The van der Waals surface area contributed by atoms with E-state index in [2.05, 4.69) is 0 Å². The molecule has 0 radical (unpaired) electrons. The molecular weight excluding hydrogens is 442 g/mol. The van der Waals surface area contributed by atoms with E-state index < -0.39 is 17.7 Å². The van der Waals surface area contributed by atoms with Crippen LogP contribution in [0.1, 0.15) is 40.8 Å². The topological polar surface area (TPSA) is 76.1 Å². The quantitative estimate of drug-likeness (QED) is 0.286. The Morgan fingerprint density at radius 1 is 0.943 bits per heavy atom. The number of rotatable bonds is 6. The third-order valence-corrected chi connectivity index (χ3v) is 6.14. The first-order valence-electron chi connectivity index (χ1n) is 11.5. The van der Waals surface area contributed by atoms with Crippen LogP contribution < -0.4 is 14.4 Å². The summed E-state index contributed by atoms with van der Waals surface area (Å²) >= 11 is 0. The highest BCUT2D eigenvalue weighted by molar-refractivity contribution is 6.51. The van der Waals surface area contributed by atoms with Gasteiger partial charge >= 0.3 is 0 Å². The van der Waals surface area contributed by atoms with Crippen LogP contribution in [0.15, 0.2) is 66.2 Å². The Kier molecular flexibility index (Phi) is 6.65. The van der Waals surface area contributed by atoms with Crippen molar-refractivity contribution in [3.05, 3.63) is 94.1 Å². The summed E-state index contributed by atoms with van der Waals surface area (Å²) in [4.78, 5) is 28.2. The van der Waals surface area contributed by atoms with Crippen molar-refractivity contribution in [2.24, 2.45) is 0 Å². The lowest BCUT2D eigenvalue weighted by atomic mass is 9.93. The lowest BCUT2D eigenvalue weighted by Gasteiger charge is -2.26. The summed E-state index contributed by atoms with van der Waals surface area (Å²) in [5, 5.41) is 11.5. The summed E-state index contributed by atoms with van der Waals surface area (Å²) in [5.41, 5.74) is 4.39. The van der Waals surface area contributed by atoms with Crippen molar-refractivity contribution in [3.8, 4) is 11.5 Å². The number of aliphatic hydroxyl groups excluding tert-OH is 1. The van der Waals surface area contributed by atoms with Gasteiger partial charge in [-0.2, -0.15) is 0 Å². The normalized spacial score (nSPS) is 17.1. The largest absolute Gasteiger partial charge is 0.507 e. The Balaban J connectivity index is 1.96. The van der Waals surface area contributed by atoms with Gasteiger partial charge < -0.3 is 14.6 Å². The van der Waals surface area contributed by atoms with E-state index in [1.165, 1.54) is 12.0 Å². The number of aryl methyl sites for hydroxylation is 3. The number of anilines is 1. The zero-order valence-corrected chi connectivity index (χ0v) is 20.6. The van der Waals surface area contributed by atoms with E-state index in [4.69, 9.17) is 9.47 Å². The Labute approximate surface area is 205 Å². The Bertz CT molecular complexity index is 1310. The molecular formula is C29H29NO5. The molecule has 1 unspecified atom stereocenters. The van der Waals surface area contributed by atoms with Crippen molar-refractivity contribution in [2.45, 2.75) is 33.7 Å². The van der Waals surface area contributed by atoms with Crippen molar-refractivity contribution < 1.29 is 24.2 Å². The number of benzene rings is 3. The minimum absolute atomic E-state index is 0.0167. The Morgan fingerprint density at radius 3 is 2.20 bits per heavy atom. The Morgan fingerprint density at radius 2 is 1.60 bits per heavy atom. The molecule has 1 atom stereocenters. The van der Waals surface area contributed by atoms with Crippen LogP contribution in [0.3, 0.4) is 0 Å². The first-order chi connectivity index (χ1) is 16.8. The molecule has 1 N–H and O–H groups in total. The van der Waals surface area contributed by atoms with Gasteiger partial charge in [0.2, 0.25) is 0 Å². The van der Waals surface area contributed by atoms with Gasteiger partial charge in [0.15, 0.2) is 0 Å². The molecule has 1 amide bonds. The third kappa shape index (κ3) is 4.39. The minimum atomic E-state index is -0.820. The van der Waals surface area contributed by atoms with E-state index in [0.29, 0.717) is 34.9 Å². The summed E-state index contributed by atoms with van der Waals surface area (Å²) in [6.07, 6.45) is 0. The SMILES string of the molecule is CCOc1ccc(C2/C(=C(\O)c3cc(C)cc(C)c3OC)C(=O)C(=O)N2c2ccc(C)cc2)cc1. The molecule has 1 saturated heterocycles. The second kappa shape index (κ2) is 9.66. The molecule has 6 nitrogen and oxygen atoms in total. The maximum atomic E-state index is 13.4. The molecule has 6 heteroatoms. The number of nitrogens with zero attached hydrogens (tertiary/aromatic N) is 1. The van der Waals surface area contributed by atoms with Crippen LogP contribution in [0.25, 0.3) is 5.76 Å². The number of aliphatic hydroxyl groups is 1. The molecule has 35 heavy (non-hydrogen) atoms. The zero-order valence-electron chi connectivity index (χ0n) is 20.6. The summed E-state index contributed by atoms with van der Waals surface area (Å²) in [6, 6.07) is 17.5. The smallest absolute Gasteiger partial charge is 0.300 e. The summed E-state index contributed by atoms with van der Waals surface area (Å²) in [6.45, 7) is 8.15. The van der Waals surface area contributed by atoms with Crippen LogP contribution in [-0.4, -0.2) is 30.5 Å². The number of carbonyl (C=O) groups excluding carboxylic acids is 2. The molecule has 1 heterocycles. The molecule has 180 valence electrons.